The van der Waals surface area contributed by atoms with Crippen LogP contribution in [0.4, 0.5) is 4.39 Å². The summed E-state index contributed by atoms with van der Waals surface area (Å²) < 4.78 is 18.2. The highest BCUT2D eigenvalue weighted by atomic mass is 19.1. The van der Waals surface area contributed by atoms with Gasteiger partial charge < -0.3 is 14.9 Å². The van der Waals surface area contributed by atoms with E-state index in [0.29, 0.717) is 30.4 Å². The molecule has 5 heteroatoms. The molecule has 0 amide bonds. The van der Waals surface area contributed by atoms with Crippen LogP contribution in [0.5, 0.6) is 11.5 Å². The van der Waals surface area contributed by atoms with Gasteiger partial charge in [-0.25, -0.2) is 4.39 Å². The molecule has 24 heavy (non-hydrogen) atoms. The molecule has 3 rings (SSSR count). The van der Waals surface area contributed by atoms with E-state index in [1.54, 1.807) is 18.2 Å². The Morgan fingerprint density at radius 1 is 1.21 bits per heavy atom. The molecule has 2 aromatic rings. The smallest absolute Gasteiger partial charge is 0.162 e. The first-order valence-corrected chi connectivity index (χ1v) is 8.11. The molecular formula is C19H22FNO3. The fourth-order valence-electron chi connectivity index (χ4n) is 2.87. The Morgan fingerprint density at radius 2 is 1.92 bits per heavy atom. The van der Waals surface area contributed by atoms with Crippen molar-refractivity contribution in [2.24, 2.45) is 0 Å². The van der Waals surface area contributed by atoms with Gasteiger partial charge in [-0.3, -0.25) is 4.90 Å². The molecular weight excluding hydrogens is 309 g/mol. The van der Waals surface area contributed by atoms with Crippen LogP contribution in [0.1, 0.15) is 30.1 Å². The third-order valence-corrected chi connectivity index (χ3v) is 4.40. The number of rotatable bonds is 7. The Bertz CT molecular complexity index is 686. The van der Waals surface area contributed by atoms with Crippen molar-refractivity contribution in [3.63, 3.8) is 0 Å². The highest BCUT2D eigenvalue weighted by Gasteiger charge is 2.31. The zero-order chi connectivity index (χ0) is 17.1. The lowest BCUT2D eigenvalue weighted by atomic mass is 10.1. The van der Waals surface area contributed by atoms with Crippen LogP contribution in [0.3, 0.4) is 0 Å². The predicted molar refractivity (Wildman–Crippen MR) is 89.5 cm³/mol. The Morgan fingerprint density at radius 3 is 2.54 bits per heavy atom. The third kappa shape index (κ3) is 3.86. The van der Waals surface area contributed by atoms with Gasteiger partial charge in [0.05, 0.1) is 13.2 Å². The van der Waals surface area contributed by atoms with E-state index in [1.807, 2.05) is 12.1 Å². The van der Waals surface area contributed by atoms with E-state index in [9.17, 15) is 14.6 Å². The molecule has 0 heterocycles. The number of aliphatic hydroxyl groups excluding tert-OH is 1. The van der Waals surface area contributed by atoms with Crippen LogP contribution in [-0.2, 0) is 6.54 Å². The number of benzene rings is 2. The molecule has 1 fully saturated rings. The number of aromatic hydroxyl groups is 1. The van der Waals surface area contributed by atoms with Gasteiger partial charge in [0.25, 0.3) is 0 Å². The minimum Gasteiger partial charge on any atom is -0.504 e. The van der Waals surface area contributed by atoms with Crippen molar-refractivity contribution in [1.29, 1.82) is 0 Å². The minimum atomic E-state index is -0.695. The molecule has 0 bridgehead atoms. The summed E-state index contributed by atoms with van der Waals surface area (Å²) in [6.07, 6.45) is 1.47. The molecule has 0 radical (unpaired) electrons. The summed E-state index contributed by atoms with van der Waals surface area (Å²) in [5, 5.41) is 20.7. The number of methoxy groups -OCH3 is 1. The molecule has 0 saturated heterocycles. The summed E-state index contributed by atoms with van der Waals surface area (Å²) in [5.74, 6) is 0.274. The lowest BCUT2D eigenvalue weighted by molar-refractivity contribution is 0.104. The van der Waals surface area contributed by atoms with Gasteiger partial charge in [0.1, 0.15) is 5.82 Å². The van der Waals surface area contributed by atoms with Gasteiger partial charge in [0.2, 0.25) is 0 Å². The Kier molecular flexibility index (Phi) is 5.02. The largest absolute Gasteiger partial charge is 0.504 e. The maximum atomic E-state index is 13.0. The summed E-state index contributed by atoms with van der Waals surface area (Å²) in [6.45, 7) is 0.971. The van der Waals surface area contributed by atoms with Crippen LogP contribution in [0.25, 0.3) is 0 Å². The zero-order valence-electron chi connectivity index (χ0n) is 13.7. The summed E-state index contributed by atoms with van der Waals surface area (Å²) in [4.78, 5) is 2.16. The number of phenolic OH excluding ortho intramolecular Hbond substituents is 1. The second kappa shape index (κ2) is 7.20. The molecule has 0 spiro atoms. The summed E-state index contributed by atoms with van der Waals surface area (Å²) in [7, 11) is 1.52. The van der Waals surface area contributed by atoms with Gasteiger partial charge in [-0.05, 0) is 36.6 Å². The first-order valence-electron chi connectivity index (χ1n) is 8.11. The average molecular weight is 331 g/mol. The number of nitrogens with zero attached hydrogens (tertiary/aromatic N) is 1. The molecule has 1 aliphatic carbocycles. The van der Waals surface area contributed by atoms with Crippen LogP contribution in [0.2, 0.25) is 0 Å². The van der Waals surface area contributed by atoms with Gasteiger partial charge in [-0.1, -0.05) is 24.3 Å². The van der Waals surface area contributed by atoms with Crippen molar-refractivity contribution in [2.45, 2.75) is 31.5 Å². The molecule has 0 aliphatic heterocycles. The number of para-hydroxylation sites is 1. The zero-order valence-corrected chi connectivity index (χ0v) is 13.7. The Labute approximate surface area is 141 Å². The van der Waals surface area contributed by atoms with Crippen molar-refractivity contribution in [3.05, 3.63) is 59.4 Å². The lowest BCUT2D eigenvalue weighted by Crippen LogP contribution is -2.30. The molecule has 1 unspecified atom stereocenters. The lowest BCUT2D eigenvalue weighted by Gasteiger charge is -2.26. The standard InChI is InChI=1S/C19H22FNO3/c1-24-18-4-2-3-14(19(18)23)11-21(16-9-10-16)12-17(22)13-5-7-15(20)8-6-13/h2-8,16-17,22-23H,9-12H2,1H3. The van der Waals surface area contributed by atoms with Gasteiger partial charge in [0, 0.05) is 24.7 Å². The molecule has 128 valence electrons. The topological polar surface area (TPSA) is 52.9 Å². The molecule has 2 aromatic carbocycles. The second-order valence-corrected chi connectivity index (χ2v) is 6.20. The fraction of sp³-hybridized carbons (Fsp3) is 0.368. The van der Waals surface area contributed by atoms with Crippen molar-refractivity contribution in [1.82, 2.24) is 4.90 Å². The van der Waals surface area contributed by atoms with Crippen molar-refractivity contribution in [2.75, 3.05) is 13.7 Å². The van der Waals surface area contributed by atoms with E-state index in [2.05, 4.69) is 4.90 Å². The monoisotopic (exact) mass is 331 g/mol. The van der Waals surface area contributed by atoms with Gasteiger partial charge >= 0.3 is 0 Å². The van der Waals surface area contributed by atoms with Gasteiger partial charge in [-0.2, -0.15) is 0 Å². The molecule has 1 saturated carbocycles. The number of ether oxygens (including phenoxy) is 1. The van der Waals surface area contributed by atoms with Crippen molar-refractivity contribution in [3.8, 4) is 11.5 Å². The first-order chi connectivity index (χ1) is 11.6. The molecule has 1 aliphatic rings. The Balaban J connectivity index is 1.72. The summed E-state index contributed by atoms with van der Waals surface area (Å²) in [5.41, 5.74) is 1.46. The molecule has 4 nitrogen and oxygen atoms in total. The van der Waals surface area contributed by atoms with E-state index in [0.717, 1.165) is 18.4 Å². The van der Waals surface area contributed by atoms with E-state index in [1.165, 1.54) is 19.2 Å². The number of phenols is 1. The molecule has 1 atom stereocenters. The SMILES string of the molecule is COc1cccc(CN(CC(O)c2ccc(F)cc2)C2CC2)c1O. The Hall–Kier alpha value is -2.11. The minimum absolute atomic E-state index is 0.141. The first kappa shape index (κ1) is 16.7. The normalized spacial score (nSPS) is 15.5. The maximum absolute atomic E-state index is 13.0. The highest BCUT2D eigenvalue weighted by Crippen LogP contribution is 2.35. The molecule has 0 aromatic heterocycles. The van der Waals surface area contributed by atoms with Crippen LogP contribution < -0.4 is 4.74 Å². The van der Waals surface area contributed by atoms with Crippen LogP contribution >= 0.6 is 0 Å². The predicted octanol–water partition coefficient (Wildman–Crippen LogP) is 3.24. The number of halogens is 1. The van der Waals surface area contributed by atoms with Crippen molar-refractivity contribution < 1.29 is 19.3 Å². The third-order valence-electron chi connectivity index (χ3n) is 4.40. The van der Waals surface area contributed by atoms with Crippen LogP contribution in [-0.4, -0.2) is 34.8 Å². The average Bonchev–Trinajstić information content (AvgIpc) is 3.41. The van der Waals surface area contributed by atoms with Crippen LogP contribution in [0, 0.1) is 5.82 Å². The number of aliphatic hydroxyl groups is 1. The van der Waals surface area contributed by atoms with E-state index >= 15 is 0 Å². The van der Waals surface area contributed by atoms with Crippen molar-refractivity contribution >= 4 is 0 Å². The van der Waals surface area contributed by atoms with E-state index in [4.69, 9.17) is 4.74 Å². The van der Waals surface area contributed by atoms with E-state index in [-0.39, 0.29) is 11.6 Å². The number of hydrogen-bond acceptors (Lipinski definition) is 4. The maximum Gasteiger partial charge on any atom is 0.162 e. The van der Waals surface area contributed by atoms with Crippen LogP contribution in [0.15, 0.2) is 42.5 Å². The number of hydrogen-bond donors (Lipinski definition) is 2. The van der Waals surface area contributed by atoms with E-state index < -0.39 is 6.10 Å². The molecule has 2 N–H and O–H groups in total. The quantitative estimate of drug-likeness (QED) is 0.818. The summed E-state index contributed by atoms with van der Waals surface area (Å²) in [6, 6.07) is 11.7. The fourth-order valence-corrected chi connectivity index (χ4v) is 2.87. The van der Waals surface area contributed by atoms with Gasteiger partial charge in [0.15, 0.2) is 11.5 Å². The highest BCUT2D eigenvalue weighted by molar-refractivity contribution is 5.45. The summed E-state index contributed by atoms with van der Waals surface area (Å²) >= 11 is 0. The van der Waals surface area contributed by atoms with Gasteiger partial charge in [-0.15, -0.1) is 0 Å². The second-order valence-electron chi connectivity index (χ2n) is 6.20.